The number of nitrogens with two attached hydrogens (primary N) is 1. The Balaban J connectivity index is 0.00000144. The molecule has 0 atom stereocenters. The zero-order valence-corrected chi connectivity index (χ0v) is 8.80. The Labute approximate surface area is 84.3 Å². The molecule has 0 aliphatic heterocycles. The Hall–Kier alpha value is -0.610. The minimum absolute atomic E-state index is 0. The minimum Gasteiger partial charge on any atom is -0.339 e. The minimum atomic E-state index is 0. The van der Waals surface area contributed by atoms with Gasteiger partial charge in [-0.1, -0.05) is 19.0 Å². The third-order valence-corrected chi connectivity index (χ3v) is 1.46. The van der Waals surface area contributed by atoms with Gasteiger partial charge in [-0.05, 0) is 12.5 Å². The van der Waals surface area contributed by atoms with Gasteiger partial charge in [0.15, 0.2) is 5.82 Å². The van der Waals surface area contributed by atoms with Gasteiger partial charge in [0.2, 0.25) is 5.89 Å². The SMILES string of the molecule is CC(C)Cc1nc(CCN)no1.Cl. The molecule has 76 valence electrons. The molecule has 0 fully saturated rings. The maximum atomic E-state index is 5.35. The van der Waals surface area contributed by atoms with Gasteiger partial charge in [0, 0.05) is 12.8 Å². The van der Waals surface area contributed by atoms with Crippen molar-refractivity contribution in [1.82, 2.24) is 10.1 Å². The molecule has 0 amide bonds. The lowest BCUT2D eigenvalue weighted by atomic mass is 10.1. The van der Waals surface area contributed by atoms with Gasteiger partial charge in [0.25, 0.3) is 0 Å². The third kappa shape index (κ3) is 4.24. The number of rotatable bonds is 4. The molecule has 0 bridgehead atoms. The van der Waals surface area contributed by atoms with Crippen molar-refractivity contribution in [3.05, 3.63) is 11.7 Å². The van der Waals surface area contributed by atoms with E-state index in [-0.39, 0.29) is 12.4 Å². The molecule has 0 spiro atoms. The van der Waals surface area contributed by atoms with Crippen molar-refractivity contribution in [3.8, 4) is 0 Å². The van der Waals surface area contributed by atoms with Crippen LogP contribution < -0.4 is 5.73 Å². The Morgan fingerprint density at radius 1 is 1.46 bits per heavy atom. The van der Waals surface area contributed by atoms with Crippen molar-refractivity contribution in [2.24, 2.45) is 11.7 Å². The number of halogens is 1. The standard InChI is InChI=1S/C8H15N3O.ClH/c1-6(2)5-8-10-7(3-4-9)11-12-8;/h6H,3-5,9H2,1-2H3;1H. The van der Waals surface area contributed by atoms with Crippen molar-refractivity contribution in [2.45, 2.75) is 26.7 Å². The van der Waals surface area contributed by atoms with Crippen LogP contribution in [0.2, 0.25) is 0 Å². The molecule has 1 rings (SSSR count). The summed E-state index contributed by atoms with van der Waals surface area (Å²) >= 11 is 0. The van der Waals surface area contributed by atoms with Crippen molar-refractivity contribution in [2.75, 3.05) is 6.54 Å². The highest BCUT2D eigenvalue weighted by Gasteiger charge is 2.06. The molecule has 1 aromatic rings. The van der Waals surface area contributed by atoms with Gasteiger partial charge in [-0.15, -0.1) is 12.4 Å². The number of nitrogens with zero attached hydrogens (tertiary/aromatic N) is 2. The second-order valence-electron chi connectivity index (χ2n) is 3.24. The Morgan fingerprint density at radius 3 is 2.69 bits per heavy atom. The van der Waals surface area contributed by atoms with Gasteiger partial charge in [0.05, 0.1) is 0 Å². The van der Waals surface area contributed by atoms with Crippen LogP contribution in [0.5, 0.6) is 0 Å². The first-order valence-corrected chi connectivity index (χ1v) is 4.24. The largest absolute Gasteiger partial charge is 0.339 e. The highest BCUT2D eigenvalue weighted by molar-refractivity contribution is 5.85. The molecule has 4 nitrogen and oxygen atoms in total. The fourth-order valence-corrected chi connectivity index (χ4v) is 0.953. The Morgan fingerprint density at radius 2 is 2.15 bits per heavy atom. The molecule has 0 aromatic carbocycles. The van der Waals surface area contributed by atoms with E-state index < -0.39 is 0 Å². The molecular weight excluding hydrogens is 190 g/mol. The van der Waals surface area contributed by atoms with Crippen LogP contribution in [0.1, 0.15) is 25.6 Å². The summed E-state index contributed by atoms with van der Waals surface area (Å²) in [6.45, 7) is 4.81. The van der Waals surface area contributed by atoms with Crippen LogP contribution in [0.25, 0.3) is 0 Å². The van der Waals surface area contributed by atoms with E-state index in [9.17, 15) is 0 Å². The van der Waals surface area contributed by atoms with E-state index in [1.165, 1.54) is 0 Å². The first-order chi connectivity index (χ1) is 5.72. The average Bonchev–Trinajstić information content (AvgIpc) is 2.36. The average molecular weight is 206 g/mol. The quantitative estimate of drug-likeness (QED) is 0.802. The number of hydrogen-bond acceptors (Lipinski definition) is 4. The van der Waals surface area contributed by atoms with Crippen molar-refractivity contribution < 1.29 is 4.52 Å². The maximum absolute atomic E-state index is 5.35. The summed E-state index contributed by atoms with van der Waals surface area (Å²) in [5.74, 6) is 1.98. The van der Waals surface area contributed by atoms with Gasteiger partial charge >= 0.3 is 0 Å². The lowest BCUT2D eigenvalue weighted by molar-refractivity contribution is 0.359. The predicted molar refractivity (Wildman–Crippen MR) is 52.8 cm³/mol. The predicted octanol–water partition coefficient (Wildman–Crippen LogP) is 1.19. The molecule has 0 aliphatic rings. The fraction of sp³-hybridized carbons (Fsp3) is 0.750. The summed E-state index contributed by atoms with van der Waals surface area (Å²) in [6.07, 6.45) is 1.54. The molecule has 0 saturated carbocycles. The lowest BCUT2D eigenvalue weighted by Crippen LogP contribution is -2.04. The second-order valence-corrected chi connectivity index (χ2v) is 3.24. The molecule has 5 heteroatoms. The van der Waals surface area contributed by atoms with E-state index in [4.69, 9.17) is 10.3 Å². The van der Waals surface area contributed by atoms with E-state index in [0.717, 1.165) is 6.42 Å². The fourth-order valence-electron chi connectivity index (χ4n) is 0.953. The second kappa shape index (κ2) is 5.94. The van der Waals surface area contributed by atoms with E-state index in [0.29, 0.717) is 30.6 Å². The summed E-state index contributed by atoms with van der Waals surface area (Å²) in [5.41, 5.74) is 5.35. The van der Waals surface area contributed by atoms with Crippen LogP contribution >= 0.6 is 12.4 Å². The normalized spacial score (nSPS) is 10.2. The molecule has 0 radical (unpaired) electrons. The van der Waals surface area contributed by atoms with E-state index in [2.05, 4.69) is 24.0 Å². The Bertz CT molecular complexity index is 237. The van der Waals surface area contributed by atoms with Crippen LogP contribution in [-0.2, 0) is 12.8 Å². The van der Waals surface area contributed by atoms with Gasteiger partial charge in [-0.3, -0.25) is 0 Å². The first kappa shape index (κ1) is 12.4. The molecule has 0 unspecified atom stereocenters. The smallest absolute Gasteiger partial charge is 0.226 e. The van der Waals surface area contributed by atoms with Crippen molar-refractivity contribution in [3.63, 3.8) is 0 Å². The van der Waals surface area contributed by atoms with E-state index in [1.54, 1.807) is 0 Å². The zero-order valence-electron chi connectivity index (χ0n) is 7.99. The van der Waals surface area contributed by atoms with Crippen molar-refractivity contribution in [1.29, 1.82) is 0 Å². The number of hydrogen-bond donors (Lipinski definition) is 1. The molecule has 1 aromatic heterocycles. The summed E-state index contributed by atoms with van der Waals surface area (Å²) < 4.78 is 5.01. The highest BCUT2D eigenvalue weighted by atomic mass is 35.5. The Kier molecular flexibility index (Phi) is 5.66. The molecule has 1 heterocycles. The maximum Gasteiger partial charge on any atom is 0.226 e. The van der Waals surface area contributed by atoms with E-state index >= 15 is 0 Å². The summed E-state index contributed by atoms with van der Waals surface area (Å²) in [7, 11) is 0. The number of aromatic nitrogens is 2. The van der Waals surface area contributed by atoms with Crippen LogP contribution in [0.4, 0.5) is 0 Å². The first-order valence-electron chi connectivity index (χ1n) is 4.24. The lowest BCUT2D eigenvalue weighted by Gasteiger charge is -1.95. The van der Waals surface area contributed by atoms with Crippen LogP contribution in [0, 0.1) is 5.92 Å². The summed E-state index contributed by atoms with van der Waals surface area (Å²) in [4.78, 5) is 4.18. The van der Waals surface area contributed by atoms with Gasteiger partial charge in [-0.2, -0.15) is 4.98 Å². The molecule has 13 heavy (non-hydrogen) atoms. The van der Waals surface area contributed by atoms with Crippen LogP contribution in [0.3, 0.4) is 0 Å². The highest BCUT2D eigenvalue weighted by Crippen LogP contribution is 2.05. The molecular formula is C8H16ClN3O. The van der Waals surface area contributed by atoms with Crippen LogP contribution in [0.15, 0.2) is 4.52 Å². The molecule has 0 aliphatic carbocycles. The van der Waals surface area contributed by atoms with Gasteiger partial charge in [-0.25, -0.2) is 0 Å². The monoisotopic (exact) mass is 205 g/mol. The zero-order chi connectivity index (χ0) is 8.97. The van der Waals surface area contributed by atoms with Gasteiger partial charge < -0.3 is 10.3 Å². The summed E-state index contributed by atoms with van der Waals surface area (Å²) in [5, 5.41) is 3.79. The molecule has 2 N–H and O–H groups in total. The molecule has 0 saturated heterocycles. The van der Waals surface area contributed by atoms with E-state index in [1.807, 2.05) is 0 Å². The third-order valence-electron chi connectivity index (χ3n) is 1.46. The van der Waals surface area contributed by atoms with Gasteiger partial charge in [0.1, 0.15) is 0 Å². The van der Waals surface area contributed by atoms with Crippen molar-refractivity contribution >= 4 is 12.4 Å². The van der Waals surface area contributed by atoms with Crippen LogP contribution in [-0.4, -0.2) is 16.7 Å². The summed E-state index contributed by atoms with van der Waals surface area (Å²) in [6, 6.07) is 0. The topological polar surface area (TPSA) is 64.9 Å².